The minimum absolute atomic E-state index is 0.173. The third kappa shape index (κ3) is 6.41. The van der Waals surface area contributed by atoms with Crippen LogP contribution in [0.2, 0.25) is 0 Å². The Bertz CT molecular complexity index is 272. The molecule has 2 unspecified atom stereocenters. The number of piperazine rings is 1. The molecule has 6 heteroatoms. The first-order valence-corrected chi connectivity index (χ1v) is 7.45. The molecule has 0 spiro atoms. The Balaban J connectivity index is 2.28. The highest BCUT2D eigenvalue weighted by atomic mass is 19.4. The fourth-order valence-corrected chi connectivity index (χ4v) is 2.56. The van der Waals surface area contributed by atoms with E-state index in [-0.39, 0.29) is 6.61 Å². The fourth-order valence-electron chi connectivity index (χ4n) is 2.56. The van der Waals surface area contributed by atoms with E-state index in [2.05, 4.69) is 35.7 Å². The number of halogens is 3. The molecule has 1 aliphatic rings. The van der Waals surface area contributed by atoms with E-state index < -0.39 is 12.8 Å². The molecule has 1 saturated heterocycles. The lowest BCUT2D eigenvalue weighted by molar-refractivity contribution is -0.174. The van der Waals surface area contributed by atoms with E-state index in [1.807, 2.05) is 0 Å². The van der Waals surface area contributed by atoms with Crippen molar-refractivity contribution in [1.29, 1.82) is 0 Å². The van der Waals surface area contributed by atoms with Gasteiger partial charge in [-0.1, -0.05) is 20.8 Å². The Hall–Kier alpha value is -0.330. The summed E-state index contributed by atoms with van der Waals surface area (Å²) in [6.07, 6.45) is -2.51. The molecule has 1 rings (SSSR count). The van der Waals surface area contributed by atoms with Crippen LogP contribution in [0, 0.1) is 5.92 Å². The molecule has 3 nitrogen and oxygen atoms in total. The second-order valence-electron chi connectivity index (χ2n) is 5.84. The van der Waals surface area contributed by atoms with E-state index >= 15 is 0 Å². The molecule has 1 aliphatic heterocycles. The van der Waals surface area contributed by atoms with Crippen molar-refractivity contribution in [2.45, 2.75) is 51.9 Å². The van der Waals surface area contributed by atoms with Crippen molar-refractivity contribution in [3.05, 3.63) is 0 Å². The fraction of sp³-hybridized carbons (Fsp3) is 1.00. The molecule has 0 aromatic rings. The van der Waals surface area contributed by atoms with Crippen LogP contribution in [0.3, 0.4) is 0 Å². The molecular formula is C14H27F3N2O. The minimum atomic E-state index is -4.22. The molecule has 0 aromatic carbocycles. The van der Waals surface area contributed by atoms with Crippen LogP contribution in [-0.4, -0.2) is 56.0 Å². The van der Waals surface area contributed by atoms with E-state index in [0.29, 0.717) is 24.4 Å². The van der Waals surface area contributed by atoms with Gasteiger partial charge in [0.25, 0.3) is 0 Å². The normalized spacial score (nSPS) is 25.4. The van der Waals surface area contributed by atoms with E-state index in [1.54, 1.807) is 0 Å². The SMILES string of the molecule is CCC1CNC(C(C)C)CN1CCCOCC(F)(F)F. The Morgan fingerprint density at radius 1 is 1.35 bits per heavy atom. The Labute approximate surface area is 119 Å². The summed E-state index contributed by atoms with van der Waals surface area (Å²) in [7, 11) is 0. The van der Waals surface area contributed by atoms with E-state index in [1.165, 1.54) is 0 Å². The Morgan fingerprint density at radius 2 is 2.05 bits per heavy atom. The zero-order valence-corrected chi connectivity index (χ0v) is 12.7. The molecule has 0 aromatic heterocycles. The molecule has 0 aliphatic carbocycles. The number of hydrogen-bond donors (Lipinski definition) is 1. The summed E-state index contributed by atoms with van der Waals surface area (Å²) in [5.41, 5.74) is 0. The van der Waals surface area contributed by atoms with Gasteiger partial charge in [-0.05, 0) is 18.8 Å². The van der Waals surface area contributed by atoms with Gasteiger partial charge in [0.05, 0.1) is 0 Å². The van der Waals surface area contributed by atoms with Gasteiger partial charge < -0.3 is 10.1 Å². The quantitative estimate of drug-likeness (QED) is 0.731. The van der Waals surface area contributed by atoms with Crippen LogP contribution in [0.15, 0.2) is 0 Å². The standard InChI is InChI=1S/C14H27F3N2O/c1-4-12-8-18-13(11(2)3)9-19(12)6-5-7-20-10-14(15,16)17/h11-13,18H,4-10H2,1-3H3. The minimum Gasteiger partial charge on any atom is -0.372 e. The van der Waals surface area contributed by atoms with Crippen molar-refractivity contribution in [3.8, 4) is 0 Å². The first-order chi connectivity index (χ1) is 9.33. The van der Waals surface area contributed by atoms with Gasteiger partial charge in [-0.3, -0.25) is 4.90 Å². The van der Waals surface area contributed by atoms with Crippen molar-refractivity contribution in [3.63, 3.8) is 0 Å². The first-order valence-electron chi connectivity index (χ1n) is 7.45. The Kier molecular flexibility index (Phi) is 7.26. The summed E-state index contributed by atoms with van der Waals surface area (Å²) in [5.74, 6) is 0.566. The van der Waals surface area contributed by atoms with Gasteiger partial charge in [0.2, 0.25) is 0 Å². The third-order valence-corrected chi connectivity index (χ3v) is 3.84. The van der Waals surface area contributed by atoms with Crippen molar-refractivity contribution < 1.29 is 17.9 Å². The molecule has 0 bridgehead atoms. The number of nitrogens with one attached hydrogen (secondary N) is 1. The highest BCUT2D eigenvalue weighted by Crippen LogP contribution is 2.16. The van der Waals surface area contributed by atoms with Gasteiger partial charge in [0.15, 0.2) is 0 Å². The maximum absolute atomic E-state index is 12.0. The van der Waals surface area contributed by atoms with Crippen LogP contribution in [0.5, 0.6) is 0 Å². The molecule has 1 heterocycles. The highest BCUT2D eigenvalue weighted by Gasteiger charge is 2.29. The molecule has 120 valence electrons. The van der Waals surface area contributed by atoms with Gasteiger partial charge in [0.1, 0.15) is 6.61 Å². The molecule has 20 heavy (non-hydrogen) atoms. The van der Waals surface area contributed by atoms with Gasteiger partial charge in [-0.15, -0.1) is 0 Å². The maximum atomic E-state index is 12.0. The smallest absolute Gasteiger partial charge is 0.372 e. The molecule has 2 atom stereocenters. The zero-order chi connectivity index (χ0) is 15.2. The van der Waals surface area contributed by atoms with Crippen molar-refractivity contribution >= 4 is 0 Å². The monoisotopic (exact) mass is 296 g/mol. The summed E-state index contributed by atoms with van der Waals surface area (Å²) in [6.45, 7) is 8.30. The number of hydrogen-bond acceptors (Lipinski definition) is 3. The van der Waals surface area contributed by atoms with Crippen LogP contribution >= 0.6 is 0 Å². The van der Waals surface area contributed by atoms with E-state index in [0.717, 1.165) is 26.1 Å². The van der Waals surface area contributed by atoms with Crippen LogP contribution in [0.1, 0.15) is 33.6 Å². The summed E-state index contributed by atoms with van der Waals surface area (Å²) in [6, 6.07) is 0.946. The number of rotatable bonds is 7. The lowest BCUT2D eigenvalue weighted by atomic mass is 9.98. The summed E-state index contributed by atoms with van der Waals surface area (Å²) in [4.78, 5) is 2.39. The number of alkyl halides is 3. The van der Waals surface area contributed by atoms with Crippen molar-refractivity contribution in [2.24, 2.45) is 5.92 Å². The third-order valence-electron chi connectivity index (χ3n) is 3.84. The molecule has 0 saturated carbocycles. The van der Waals surface area contributed by atoms with E-state index in [9.17, 15) is 13.2 Å². The largest absolute Gasteiger partial charge is 0.411 e. The summed E-state index contributed by atoms with van der Waals surface area (Å²) in [5, 5.41) is 3.55. The molecule has 1 N–H and O–H groups in total. The number of ether oxygens (including phenoxy) is 1. The summed E-state index contributed by atoms with van der Waals surface area (Å²) < 4.78 is 40.5. The van der Waals surface area contributed by atoms with Gasteiger partial charge in [-0.2, -0.15) is 13.2 Å². The zero-order valence-electron chi connectivity index (χ0n) is 12.7. The second-order valence-corrected chi connectivity index (χ2v) is 5.84. The van der Waals surface area contributed by atoms with Gasteiger partial charge >= 0.3 is 6.18 Å². The van der Waals surface area contributed by atoms with Crippen molar-refractivity contribution in [2.75, 3.05) is 32.8 Å². The van der Waals surface area contributed by atoms with Crippen LogP contribution in [-0.2, 0) is 4.74 Å². The predicted octanol–water partition coefficient (Wildman–Crippen LogP) is 2.66. The van der Waals surface area contributed by atoms with Gasteiger partial charge in [0, 0.05) is 38.3 Å². The molecule has 1 fully saturated rings. The lowest BCUT2D eigenvalue weighted by Gasteiger charge is -2.41. The second kappa shape index (κ2) is 8.20. The van der Waals surface area contributed by atoms with Crippen LogP contribution < -0.4 is 5.32 Å². The first kappa shape index (κ1) is 17.7. The topological polar surface area (TPSA) is 24.5 Å². The van der Waals surface area contributed by atoms with Crippen LogP contribution in [0.25, 0.3) is 0 Å². The van der Waals surface area contributed by atoms with E-state index in [4.69, 9.17) is 0 Å². The maximum Gasteiger partial charge on any atom is 0.411 e. The van der Waals surface area contributed by atoms with Gasteiger partial charge in [-0.25, -0.2) is 0 Å². The Morgan fingerprint density at radius 3 is 2.60 bits per heavy atom. The number of nitrogens with zero attached hydrogens (tertiary/aromatic N) is 1. The summed E-state index contributed by atoms with van der Waals surface area (Å²) >= 11 is 0. The molecule has 0 amide bonds. The van der Waals surface area contributed by atoms with Crippen LogP contribution in [0.4, 0.5) is 13.2 Å². The average Bonchev–Trinajstić information content (AvgIpc) is 2.36. The lowest BCUT2D eigenvalue weighted by Crippen LogP contribution is -2.58. The predicted molar refractivity (Wildman–Crippen MR) is 73.8 cm³/mol. The highest BCUT2D eigenvalue weighted by molar-refractivity contribution is 4.86. The molecular weight excluding hydrogens is 269 g/mol. The average molecular weight is 296 g/mol. The molecule has 0 radical (unpaired) electrons. The van der Waals surface area contributed by atoms with Crippen molar-refractivity contribution in [1.82, 2.24) is 10.2 Å².